The van der Waals surface area contributed by atoms with Gasteiger partial charge in [-0.2, -0.15) is 0 Å². The van der Waals surface area contributed by atoms with Crippen LogP contribution in [0.5, 0.6) is 0 Å². The fourth-order valence-electron chi connectivity index (χ4n) is 4.29. The number of amides is 2. The molecule has 0 spiro atoms. The fraction of sp³-hybridized carbons (Fsp3) is 0.261. The number of H-pyrrole nitrogens is 1. The van der Waals surface area contributed by atoms with E-state index < -0.39 is 9.84 Å². The zero-order valence-corrected chi connectivity index (χ0v) is 18.9. The van der Waals surface area contributed by atoms with Gasteiger partial charge in [-0.1, -0.05) is 24.3 Å². The van der Waals surface area contributed by atoms with Gasteiger partial charge in [-0.05, 0) is 23.8 Å². The topological polar surface area (TPSA) is 108 Å². The second kappa shape index (κ2) is 8.04. The van der Waals surface area contributed by atoms with Crippen molar-refractivity contribution in [1.29, 1.82) is 0 Å². The Morgan fingerprint density at radius 3 is 2.45 bits per heavy atom. The molecule has 9 nitrogen and oxygen atoms in total. The molecule has 10 heteroatoms. The molecule has 1 saturated heterocycles. The van der Waals surface area contributed by atoms with Gasteiger partial charge in [-0.15, -0.1) is 0 Å². The van der Waals surface area contributed by atoms with Gasteiger partial charge in [0.05, 0.1) is 11.9 Å². The molecular formula is C23H23N5O4S. The Labute approximate surface area is 190 Å². The average molecular weight is 466 g/mol. The lowest BCUT2D eigenvalue weighted by molar-refractivity contribution is -0.131. The van der Waals surface area contributed by atoms with Crippen molar-refractivity contribution in [1.82, 2.24) is 24.2 Å². The summed E-state index contributed by atoms with van der Waals surface area (Å²) in [6.45, 7) is 1.55. The largest absolute Gasteiger partial charge is 0.361 e. The van der Waals surface area contributed by atoms with Gasteiger partial charge in [-0.3, -0.25) is 14.0 Å². The van der Waals surface area contributed by atoms with Gasteiger partial charge >= 0.3 is 0 Å². The third-order valence-corrected chi connectivity index (χ3v) is 6.94. The second-order valence-corrected chi connectivity index (χ2v) is 10.1. The number of aromatic amines is 1. The zero-order chi connectivity index (χ0) is 23.2. The molecule has 0 radical (unpaired) electrons. The lowest BCUT2D eigenvalue weighted by Gasteiger charge is -2.34. The van der Waals surface area contributed by atoms with Crippen molar-refractivity contribution in [3.05, 3.63) is 66.1 Å². The molecule has 0 bridgehead atoms. The smallest absolute Gasteiger partial charge is 0.274 e. The van der Waals surface area contributed by atoms with E-state index >= 15 is 0 Å². The number of hydrogen-bond donors (Lipinski definition) is 1. The first-order valence-corrected chi connectivity index (χ1v) is 12.5. The number of nitrogens with one attached hydrogen (secondary N) is 1. The Morgan fingerprint density at radius 2 is 1.70 bits per heavy atom. The number of imidazole rings is 1. The molecule has 5 rings (SSSR count). The predicted molar refractivity (Wildman–Crippen MR) is 123 cm³/mol. The molecule has 1 fully saturated rings. The Morgan fingerprint density at radius 1 is 1.00 bits per heavy atom. The number of rotatable bonds is 4. The lowest BCUT2D eigenvalue weighted by atomic mass is 10.1. The molecule has 1 N–H and O–H groups in total. The van der Waals surface area contributed by atoms with Gasteiger partial charge in [0.15, 0.2) is 5.69 Å². The number of carbonyl (C=O) groups is 2. The van der Waals surface area contributed by atoms with Crippen molar-refractivity contribution in [2.24, 2.45) is 0 Å². The molecule has 1 aliphatic rings. The highest BCUT2D eigenvalue weighted by atomic mass is 32.2. The maximum Gasteiger partial charge on any atom is 0.274 e. The van der Waals surface area contributed by atoms with Crippen LogP contribution in [-0.4, -0.2) is 76.8 Å². The summed E-state index contributed by atoms with van der Waals surface area (Å²) in [6, 6.07) is 13.0. The molecule has 0 aliphatic carbocycles. The van der Waals surface area contributed by atoms with Gasteiger partial charge in [0.25, 0.3) is 5.91 Å². The molecule has 1 aliphatic heterocycles. The van der Waals surface area contributed by atoms with Crippen molar-refractivity contribution < 1.29 is 18.0 Å². The number of nitrogens with zero attached hydrogens (tertiary/aromatic N) is 4. The summed E-state index contributed by atoms with van der Waals surface area (Å²) in [5, 5.41) is 0.877. The van der Waals surface area contributed by atoms with Crippen molar-refractivity contribution >= 4 is 38.1 Å². The molecule has 1 aromatic carbocycles. The van der Waals surface area contributed by atoms with Crippen molar-refractivity contribution in [3.63, 3.8) is 0 Å². The first-order chi connectivity index (χ1) is 15.8. The molecule has 0 atom stereocenters. The lowest BCUT2D eigenvalue weighted by Crippen LogP contribution is -2.51. The van der Waals surface area contributed by atoms with E-state index in [0.717, 1.165) is 22.7 Å². The Hall–Kier alpha value is -3.66. The minimum Gasteiger partial charge on any atom is -0.361 e. The van der Waals surface area contributed by atoms with Gasteiger partial charge in [0.1, 0.15) is 0 Å². The van der Waals surface area contributed by atoms with Crippen LogP contribution in [0.2, 0.25) is 0 Å². The minimum atomic E-state index is -3.61. The quantitative estimate of drug-likeness (QED) is 0.494. The molecule has 170 valence electrons. The molecular weight excluding hydrogens is 442 g/mol. The molecule has 4 aromatic rings. The van der Waals surface area contributed by atoms with Crippen LogP contribution in [-0.2, 0) is 21.1 Å². The van der Waals surface area contributed by atoms with Crippen molar-refractivity contribution in [2.75, 3.05) is 32.4 Å². The van der Waals surface area contributed by atoms with E-state index in [9.17, 15) is 18.0 Å². The van der Waals surface area contributed by atoms with Gasteiger partial charge in [0, 0.05) is 55.7 Å². The number of para-hydroxylation sites is 1. The summed E-state index contributed by atoms with van der Waals surface area (Å²) >= 11 is 0. The standard InChI is InChI=1S/C23H23N5O4S/c1-33(31,32)23-25-21(19-8-4-5-9-28(19)23)22(30)27-12-10-26(11-13-27)20(29)14-16-15-24-18-7-3-2-6-17(16)18/h2-9,15,24H,10-14H2,1H3. The van der Waals surface area contributed by atoms with Crippen LogP contribution < -0.4 is 0 Å². The number of sulfone groups is 1. The first-order valence-electron chi connectivity index (χ1n) is 10.6. The van der Waals surface area contributed by atoms with Crippen LogP contribution in [0.3, 0.4) is 0 Å². The minimum absolute atomic E-state index is 0.0126. The highest BCUT2D eigenvalue weighted by Crippen LogP contribution is 2.21. The first kappa shape index (κ1) is 21.2. The number of piperazine rings is 1. The van der Waals surface area contributed by atoms with E-state index in [1.807, 2.05) is 30.5 Å². The molecule has 2 amide bonds. The number of benzene rings is 1. The van der Waals surface area contributed by atoms with E-state index in [2.05, 4.69) is 9.97 Å². The van der Waals surface area contributed by atoms with Crippen LogP contribution in [0.25, 0.3) is 16.4 Å². The summed E-state index contributed by atoms with van der Waals surface area (Å²) in [4.78, 5) is 36.8. The van der Waals surface area contributed by atoms with E-state index in [1.54, 1.807) is 34.2 Å². The van der Waals surface area contributed by atoms with Crippen LogP contribution in [0.15, 0.2) is 60.0 Å². The number of hydrogen-bond acceptors (Lipinski definition) is 5. The molecule has 0 unspecified atom stereocenters. The van der Waals surface area contributed by atoms with Crippen molar-refractivity contribution in [2.45, 2.75) is 11.6 Å². The number of aromatic nitrogens is 3. The van der Waals surface area contributed by atoms with Crippen molar-refractivity contribution in [3.8, 4) is 0 Å². The van der Waals surface area contributed by atoms with Gasteiger partial charge in [0.2, 0.25) is 20.9 Å². The maximum absolute atomic E-state index is 13.2. The fourth-order valence-corrected chi connectivity index (χ4v) is 5.06. The number of fused-ring (bicyclic) bond motifs is 2. The predicted octanol–water partition coefficient (Wildman–Crippen LogP) is 1.75. The van der Waals surface area contributed by atoms with E-state index in [-0.39, 0.29) is 22.7 Å². The van der Waals surface area contributed by atoms with Crippen LogP contribution in [0.1, 0.15) is 16.1 Å². The highest BCUT2D eigenvalue weighted by molar-refractivity contribution is 7.90. The summed E-state index contributed by atoms with van der Waals surface area (Å²) < 4.78 is 25.7. The molecule has 3 aromatic heterocycles. The van der Waals surface area contributed by atoms with Crippen LogP contribution in [0.4, 0.5) is 0 Å². The van der Waals surface area contributed by atoms with E-state index in [0.29, 0.717) is 38.1 Å². The van der Waals surface area contributed by atoms with Crippen LogP contribution in [0, 0.1) is 0 Å². The Balaban J connectivity index is 1.29. The zero-order valence-electron chi connectivity index (χ0n) is 18.1. The normalized spacial score (nSPS) is 14.8. The Bertz CT molecular complexity index is 1480. The van der Waals surface area contributed by atoms with Gasteiger partial charge < -0.3 is 14.8 Å². The van der Waals surface area contributed by atoms with Gasteiger partial charge in [-0.25, -0.2) is 13.4 Å². The average Bonchev–Trinajstić information content (AvgIpc) is 3.41. The third-order valence-electron chi connectivity index (χ3n) is 5.99. The monoisotopic (exact) mass is 465 g/mol. The maximum atomic E-state index is 13.2. The van der Waals surface area contributed by atoms with E-state index in [1.165, 1.54) is 4.40 Å². The number of pyridine rings is 1. The third kappa shape index (κ3) is 3.86. The SMILES string of the molecule is CS(=O)(=O)c1nc(C(=O)N2CCN(C(=O)Cc3c[nH]c4ccccc34)CC2)c2ccccn12. The summed E-state index contributed by atoms with van der Waals surface area (Å²) in [6.07, 6.45) is 4.81. The summed E-state index contributed by atoms with van der Waals surface area (Å²) in [7, 11) is -3.61. The second-order valence-electron chi connectivity index (χ2n) is 8.18. The molecule has 0 saturated carbocycles. The molecule has 33 heavy (non-hydrogen) atoms. The van der Waals surface area contributed by atoms with Crippen LogP contribution >= 0.6 is 0 Å². The summed E-state index contributed by atoms with van der Waals surface area (Å²) in [5.74, 6) is -0.323. The Kier molecular flexibility index (Phi) is 5.16. The number of carbonyl (C=O) groups excluding carboxylic acids is 2. The highest BCUT2D eigenvalue weighted by Gasteiger charge is 2.29. The van der Waals surface area contributed by atoms with E-state index in [4.69, 9.17) is 0 Å². The summed E-state index contributed by atoms with van der Waals surface area (Å²) in [5.41, 5.74) is 2.50. The molecule has 4 heterocycles.